The summed E-state index contributed by atoms with van der Waals surface area (Å²) in [7, 11) is 1.91. The normalized spacial score (nSPS) is 12.9. The second-order valence-corrected chi connectivity index (χ2v) is 3.14. The maximum Gasteiger partial charge on any atom is 0.231 e. The van der Waals surface area contributed by atoms with Crippen LogP contribution < -0.4 is 14.8 Å². The van der Waals surface area contributed by atoms with Gasteiger partial charge < -0.3 is 14.8 Å². The number of ether oxygens (including phenoxy) is 2. The molecular weight excluding hydrogens is 178 g/mol. The lowest BCUT2D eigenvalue weighted by Crippen LogP contribution is -2.06. The first-order chi connectivity index (χ1) is 6.85. The van der Waals surface area contributed by atoms with Crippen LogP contribution in [0.5, 0.6) is 11.5 Å². The highest BCUT2D eigenvalue weighted by Gasteiger charge is 2.15. The standard InChI is InChI=1S/C11H13NO2/c1-3-8-4-10-11(14-7-13-10)5-9(8)6-12-2/h3-5,12H,1,6-7H2,2H3. The molecule has 1 heterocycles. The fourth-order valence-corrected chi connectivity index (χ4v) is 1.53. The average Bonchev–Trinajstić information content (AvgIpc) is 2.64. The largest absolute Gasteiger partial charge is 0.454 e. The van der Waals surface area contributed by atoms with Crippen LogP contribution in [0.25, 0.3) is 6.08 Å². The SMILES string of the molecule is C=Cc1cc2c(cc1CNC)OCO2. The number of rotatable bonds is 3. The fraction of sp³-hybridized carbons (Fsp3) is 0.273. The number of nitrogens with one attached hydrogen (secondary N) is 1. The molecule has 74 valence electrons. The summed E-state index contributed by atoms with van der Waals surface area (Å²) >= 11 is 0. The predicted molar refractivity (Wildman–Crippen MR) is 55.4 cm³/mol. The molecule has 14 heavy (non-hydrogen) atoms. The molecule has 0 atom stereocenters. The number of hydrogen-bond donors (Lipinski definition) is 1. The Morgan fingerprint density at radius 2 is 2.14 bits per heavy atom. The van der Waals surface area contributed by atoms with Crippen LogP contribution in [0.2, 0.25) is 0 Å². The molecule has 1 N–H and O–H groups in total. The topological polar surface area (TPSA) is 30.5 Å². The number of benzene rings is 1. The summed E-state index contributed by atoms with van der Waals surface area (Å²) in [6.07, 6.45) is 1.83. The minimum Gasteiger partial charge on any atom is -0.454 e. The van der Waals surface area contributed by atoms with Gasteiger partial charge in [-0.05, 0) is 30.3 Å². The minimum atomic E-state index is 0.314. The Morgan fingerprint density at radius 1 is 1.43 bits per heavy atom. The van der Waals surface area contributed by atoms with Crippen molar-refractivity contribution in [1.82, 2.24) is 5.32 Å². The van der Waals surface area contributed by atoms with Crippen LogP contribution >= 0.6 is 0 Å². The Hall–Kier alpha value is -1.48. The summed E-state index contributed by atoms with van der Waals surface area (Å²) in [6, 6.07) is 3.96. The van der Waals surface area contributed by atoms with Gasteiger partial charge in [0.1, 0.15) is 0 Å². The van der Waals surface area contributed by atoms with Crippen molar-refractivity contribution in [2.24, 2.45) is 0 Å². The Labute approximate surface area is 83.3 Å². The molecule has 1 aromatic rings. The molecule has 1 aliphatic heterocycles. The molecular formula is C11H13NO2. The summed E-state index contributed by atoms with van der Waals surface area (Å²) in [6.45, 7) is 4.89. The molecule has 0 unspecified atom stereocenters. The van der Waals surface area contributed by atoms with Crippen LogP contribution in [-0.2, 0) is 6.54 Å². The fourth-order valence-electron chi connectivity index (χ4n) is 1.53. The van der Waals surface area contributed by atoms with Crippen LogP contribution in [0.3, 0.4) is 0 Å². The van der Waals surface area contributed by atoms with Crippen LogP contribution in [-0.4, -0.2) is 13.8 Å². The molecule has 0 bridgehead atoms. The predicted octanol–water partition coefficient (Wildman–Crippen LogP) is 1.78. The summed E-state index contributed by atoms with van der Waals surface area (Å²) in [5.74, 6) is 1.63. The number of fused-ring (bicyclic) bond motifs is 1. The van der Waals surface area contributed by atoms with Crippen LogP contribution in [0, 0.1) is 0 Å². The van der Waals surface area contributed by atoms with Crippen LogP contribution in [0.4, 0.5) is 0 Å². The van der Waals surface area contributed by atoms with E-state index in [0.717, 1.165) is 23.6 Å². The summed E-state index contributed by atoms with van der Waals surface area (Å²) < 4.78 is 10.6. The summed E-state index contributed by atoms with van der Waals surface area (Å²) in [4.78, 5) is 0. The molecule has 1 aliphatic rings. The van der Waals surface area contributed by atoms with Crippen molar-refractivity contribution in [2.75, 3.05) is 13.8 Å². The van der Waals surface area contributed by atoms with E-state index in [4.69, 9.17) is 9.47 Å². The van der Waals surface area contributed by atoms with Gasteiger partial charge in [0.05, 0.1) is 0 Å². The van der Waals surface area contributed by atoms with E-state index < -0.39 is 0 Å². The Kier molecular flexibility index (Phi) is 2.41. The van der Waals surface area contributed by atoms with Crippen molar-refractivity contribution in [2.45, 2.75) is 6.54 Å². The third-order valence-corrected chi connectivity index (χ3v) is 2.22. The molecule has 3 heteroatoms. The van der Waals surface area contributed by atoms with Crippen LogP contribution in [0.1, 0.15) is 11.1 Å². The van der Waals surface area contributed by atoms with E-state index in [1.807, 2.05) is 25.3 Å². The van der Waals surface area contributed by atoms with Gasteiger partial charge in [0.25, 0.3) is 0 Å². The minimum absolute atomic E-state index is 0.314. The molecule has 0 radical (unpaired) electrons. The average molecular weight is 191 g/mol. The smallest absolute Gasteiger partial charge is 0.231 e. The van der Waals surface area contributed by atoms with E-state index in [9.17, 15) is 0 Å². The van der Waals surface area contributed by atoms with Gasteiger partial charge >= 0.3 is 0 Å². The monoisotopic (exact) mass is 191 g/mol. The lowest BCUT2D eigenvalue weighted by molar-refractivity contribution is 0.174. The molecule has 2 rings (SSSR count). The first-order valence-corrected chi connectivity index (χ1v) is 4.54. The van der Waals surface area contributed by atoms with Crippen molar-refractivity contribution >= 4 is 6.08 Å². The number of hydrogen-bond acceptors (Lipinski definition) is 3. The molecule has 0 saturated heterocycles. The highest BCUT2D eigenvalue weighted by atomic mass is 16.7. The van der Waals surface area contributed by atoms with Crippen molar-refractivity contribution in [3.8, 4) is 11.5 Å². The molecule has 3 nitrogen and oxygen atoms in total. The summed E-state index contributed by atoms with van der Waals surface area (Å²) in [5.41, 5.74) is 2.26. The molecule has 0 saturated carbocycles. The van der Waals surface area contributed by atoms with Crippen molar-refractivity contribution in [3.05, 3.63) is 29.8 Å². The van der Waals surface area contributed by atoms with Crippen molar-refractivity contribution < 1.29 is 9.47 Å². The van der Waals surface area contributed by atoms with Crippen LogP contribution in [0.15, 0.2) is 18.7 Å². The van der Waals surface area contributed by atoms with E-state index in [1.165, 1.54) is 5.56 Å². The third kappa shape index (κ3) is 1.46. The van der Waals surface area contributed by atoms with E-state index in [-0.39, 0.29) is 0 Å². The zero-order valence-corrected chi connectivity index (χ0v) is 8.17. The lowest BCUT2D eigenvalue weighted by atomic mass is 10.1. The molecule has 0 aliphatic carbocycles. The maximum atomic E-state index is 5.30. The van der Waals surface area contributed by atoms with E-state index in [2.05, 4.69) is 11.9 Å². The van der Waals surface area contributed by atoms with Gasteiger partial charge in [-0.25, -0.2) is 0 Å². The highest BCUT2D eigenvalue weighted by molar-refractivity contribution is 5.59. The van der Waals surface area contributed by atoms with E-state index >= 15 is 0 Å². The quantitative estimate of drug-likeness (QED) is 0.790. The lowest BCUT2D eigenvalue weighted by Gasteiger charge is -2.06. The molecule has 1 aromatic carbocycles. The second-order valence-electron chi connectivity index (χ2n) is 3.14. The van der Waals surface area contributed by atoms with Gasteiger partial charge in [0.2, 0.25) is 6.79 Å². The Morgan fingerprint density at radius 3 is 2.79 bits per heavy atom. The van der Waals surface area contributed by atoms with Gasteiger partial charge in [-0.3, -0.25) is 0 Å². The Bertz CT molecular complexity index is 361. The zero-order chi connectivity index (χ0) is 9.97. The first-order valence-electron chi connectivity index (χ1n) is 4.54. The van der Waals surface area contributed by atoms with Gasteiger partial charge in [-0.1, -0.05) is 12.7 Å². The molecule has 0 spiro atoms. The van der Waals surface area contributed by atoms with E-state index in [1.54, 1.807) is 0 Å². The highest BCUT2D eigenvalue weighted by Crippen LogP contribution is 2.35. The van der Waals surface area contributed by atoms with Crippen molar-refractivity contribution in [1.29, 1.82) is 0 Å². The maximum absolute atomic E-state index is 5.30. The molecule has 0 fully saturated rings. The van der Waals surface area contributed by atoms with Gasteiger partial charge in [0.15, 0.2) is 11.5 Å². The van der Waals surface area contributed by atoms with Gasteiger partial charge in [0, 0.05) is 6.54 Å². The third-order valence-electron chi connectivity index (χ3n) is 2.22. The van der Waals surface area contributed by atoms with Gasteiger partial charge in [-0.15, -0.1) is 0 Å². The Balaban J connectivity index is 2.43. The molecule has 0 aromatic heterocycles. The van der Waals surface area contributed by atoms with Crippen molar-refractivity contribution in [3.63, 3.8) is 0 Å². The molecule has 0 amide bonds. The second kappa shape index (κ2) is 3.72. The van der Waals surface area contributed by atoms with Gasteiger partial charge in [-0.2, -0.15) is 0 Å². The zero-order valence-electron chi connectivity index (χ0n) is 8.17. The summed E-state index contributed by atoms with van der Waals surface area (Å²) in [5, 5.41) is 3.11. The first kappa shape index (κ1) is 9.09. The van der Waals surface area contributed by atoms with E-state index in [0.29, 0.717) is 6.79 Å².